The molecule has 2 fully saturated rings. The van der Waals surface area contributed by atoms with Crippen molar-refractivity contribution in [1.29, 1.82) is 0 Å². The summed E-state index contributed by atoms with van der Waals surface area (Å²) in [6.45, 7) is 5.45. The van der Waals surface area contributed by atoms with Crippen molar-refractivity contribution in [2.24, 2.45) is 5.92 Å². The van der Waals surface area contributed by atoms with E-state index in [2.05, 4.69) is 31.9 Å². The number of ether oxygens (including phenoxy) is 1. The van der Waals surface area contributed by atoms with Crippen LogP contribution < -0.4 is 4.74 Å². The van der Waals surface area contributed by atoms with Crippen LogP contribution in [0.3, 0.4) is 0 Å². The van der Waals surface area contributed by atoms with Gasteiger partial charge in [-0.1, -0.05) is 56.3 Å². The van der Waals surface area contributed by atoms with E-state index >= 15 is 0 Å². The second-order valence-corrected chi connectivity index (χ2v) is 13.4. The lowest BCUT2D eigenvalue weighted by Crippen LogP contribution is -2.78. The molecule has 2 unspecified atom stereocenters. The zero-order chi connectivity index (χ0) is 24.6. The summed E-state index contributed by atoms with van der Waals surface area (Å²) in [7, 11) is -1.50. The summed E-state index contributed by atoms with van der Waals surface area (Å²) in [6.07, 6.45) is 2.36. The van der Waals surface area contributed by atoms with Crippen molar-refractivity contribution in [3.05, 3.63) is 65.2 Å². The molecule has 7 heteroatoms. The fourth-order valence-corrected chi connectivity index (χ4v) is 9.61. The lowest BCUT2D eigenvalue weighted by atomic mass is 9.48. The summed E-state index contributed by atoms with van der Waals surface area (Å²) in [6, 6.07) is 15.3. The predicted molar refractivity (Wildman–Crippen MR) is 136 cm³/mol. The fraction of sp³-hybridized carbons (Fsp3) is 0.571. The maximum atomic E-state index is 14.0. The van der Waals surface area contributed by atoms with Crippen molar-refractivity contribution >= 4 is 10.0 Å². The van der Waals surface area contributed by atoms with E-state index in [1.54, 1.807) is 4.31 Å². The van der Waals surface area contributed by atoms with E-state index in [-0.39, 0.29) is 23.8 Å². The lowest BCUT2D eigenvalue weighted by molar-refractivity contribution is -0.192. The number of rotatable bonds is 6. The van der Waals surface area contributed by atoms with Gasteiger partial charge in [0.25, 0.3) is 0 Å². The largest absolute Gasteiger partial charge is 0.487 e. The van der Waals surface area contributed by atoms with Crippen LogP contribution in [-0.2, 0) is 27.6 Å². The van der Waals surface area contributed by atoms with Gasteiger partial charge in [0.1, 0.15) is 11.9 Å². The van der Waals surface area contributed by atoms with Crippen molar-refractivity contribution < 1.29 is 18.3 Å². The Balaban J connectivity index is 1.46. The molecule has 2 aliphatic carbocycles. The average Bonchev–Trinajstić information content (AvgIpc) is 3.15. The predicted octanol–water partition coefficient (Wildman–Crippen LogP) is 3.33. The molecule has 0 aromatic heterocycles. The first-order valence-electron chi connectivity index (χ1n) is 12.9. The number of likely N-dealkylation sites (tertiary alicyclic amines) is 1. The maximum absolute atomic E-state index is 14.0. The minimum Gasteiger partial charge on any atom is -0.487 e. The molecule has 0 amide bonds. The topological polar surface area (TPSA) is 70.1 Å². The van der Waals surface area contributed by atoms with E-state index in [4.69, 9.17) is 4.74 Å². The number of sulfonamides is 1. The Morgan fingerprint density at radius 3 is 2.66 bits per heavy atom. The lowest BCUT2D eigenvalue weighted by Gasteiger charge is -2.64. The van der Waals surface area contributed by atoms with Gasteiger partial charge >= 0.3 is 0 Å². The highest BCUT2D eigenvalue weighted by Gasteiger charge is 2.73. The van der Waals surface area contributed by atoms with Gasteiger partial charge < -0.3 is 14.7 Å². The van der Waals surface area contributed by atoms with E-state index in [1.165, 1.54) is 5.56 Å². The zero-order valence-corrected chi connectivity index (χ0v) is 21.7. The summed E-state index contributed by atoms with van der Waals surface area (Å²) in [4.78, 5) is 2.30. The minimum absolute atomic E-state index is 0.0172. The first-order valence-corrected chi connectivity index (χ1v) is 14.5. The Hall–Kier alpha value is -1.93. The van der Waals surface area contributed by atoms with Gasteiger partial charge in [0.2, 0.25) is 10.0 Å². The molecule has 2 aromatic carbocycles. The molecule has 2 aromatic rings. The molecule has 4 aliphatic rings. The fourth-order valence-electron chi connectivity index (χ4n) is 7.67. The quantitative estimate of drug-likeness (QED) is 0.665. The molecular weight excluding hydrogens is 460 g/mol. The Bertz CT molecular complexity index is 1230. The van der Waals surface area contributed by atoms with Crippen LogP contribution in [0.1, 0.15) is 49.8 Å². The molecule has 2 bridgehead atoms. The summed E-state index contributed by atoms with van der Waals surface area (Å²) in [5, 5.41) is 12.4. The molecule has 188 valence electrons. The Labute approximate surface area is 208 Å². The molecule has 35 heavy (non-hydrogen) atoms. The Morgan fingerprint density at radius 1 is 1.14 bits per heavy atom. The molecule has 2 heterocycles. The molecular formula is C28H36N2O4S. The second kappa shape index (κ2) is 8.04. The van der Waals surface area contributed by atoms with E-state index in [0.29, 0.717) is 19.4 Å². The molecule has 6 rings (SSSR count). The van der Waals surface area contributed by atoms with Gasteiger partial charge in [0.05, 0.1) is 22.8 Å². The van der Waals surface area contributed by atoms with Crippen molar-refractivity contribution in [3.8, 4) is 5.75 Å². The monoisotopic (exact) mass is 496 g/mol. The van der Waals surface area contributed by atoms with Crippen molar-refractivity contribution in [3.63, 3.8) is 0 Å². The standard InChI is InChI=1S/C28H36N2O4S/c1-19(2)17-30(35(32,33)18-20-8-5-4-6-9-20)22-12-13-28(31)24-16-21-10-7-11-23-25(21)27(28,26(22)34-23)14-15-29(24)3/h4-11,19,22,24,26,31H,12-18H2,1-3H3/t22?,24-,26?,27+,28-/m1/s1. The van der Waals surface area contributed by atoms with Gasteiger partial charge in [-0.15, -0.1) is 0 Å². The van der Waals surface area contributed by atoms with Crippen LogP contribution in [0.4, 0.5) is 0 Å². The maximum Gasteiger partial charge on any atom is 0.218 e. The third kappa shape index (κ3) is 3.28. The van der Waals surface area contributed by atoms with E-state index in [1.807, 2.05) is 42.5 Å². The van der Waals surface area contributed by atoms with E-state index in [9.17, 15) is 13.5 Å². The van der Waals surface area contributed by atoms with Crippen molar-refractivity contribution in [2.45, 2.75) is 74.5 Å². The highest BCUT2D eigenvalue weighted by Crippen LogP contribution is 2.64. The number of benzene rings is 2. The highest BCUT2D eigenvalue weighted by molar-refractivity contribution is 7.88. The third-order valence-electron chi connectivity index (χ3n) is 9.06. The molecule has 5 atom stereocenters. The van der Waals surface area contributed by atoms with Gasteiger partial charge in [-0.25, -0.2) is 8.42 Å². The van der Waals surface area contributed by atoms with Gasteiger partial charge in [-0.05, 0) is 62.4 Å². The second-order valence-electron chi connectivity index (χ2n) is 11.5. The van der Waals surface area contributed by atoms with Crippen LogP contribution >= 0.6 is 0 Å². The highest BCUT2D eigenvalue weighted by atomic mass is 32.2. The molecule has 1 saturated heterocycles. The van der Waals surface area contributed by atoms with E-state index in [0.717, 1.165) is 36.3 Å². The number of hydrogen-bond donors (Lipinski definition) is 1. The smallest absolute Gasteiger partial charge is 0.218 e. The van der Waals surface area contributed by atoms with E-state index < -0.39 is 27.1 Å². The molecule has 1 saturated carbocycles. The van der Waals surface area contributed by atoms with Gasteiger partial charge in [-0.3, -0.25) is 0 Å². The van der Waals surface area contributed by atoms with Crippen molar-refractivity contribution in [2.75, 3.05) is 20.1 Å². The number of aliphatic hydroxyl groups is 1. The van der Waals surface area contributed by atoms with Crippen LogP contribution in [0, 0.1) is 5.92 Å². The van der Waals surface area contributed by atoms with Crippen LogP contribution in [0.2, 0.25) is 0 Å². The number of hydrogen-bond acceptors (Lipinski definition) is 5. The minimum atomic E-state index is -3.61. The van der Waals surface area contributed by atoms with Crippen LogP contribution in [0.15, 0.2) is 48.5 Å². The van der Waals surface area contributed by atoms with Crippen molar-refractivity contribution in [1.82, 2.24) is 9.21 Å². The molecule has 0 radical (unpaired) electrons. The zero-order valence-electron chi connectivity index (χ0n) is 20.9. The molecule has 1 N–H and O–H groups in total. The van der Waals surface area contributed by atoms with Gasteiger partial charge in [0, 0.05) is 18.2 Å². The van der Waals surface area contributed by atoms with Crippen LogP contribution in [0.5, 0.6) is 5.75 Å². The summed E-state index contributed by atoms with van der Waals surface area (Å²) < 4.78 is 36.4. The number of piperidine rings is 1. The SMILES string of the molecule is CC(C)CN(C1CC[C@@]2(O)[C@H]3Cc4cccc5c4[C@@]2(CCN3C)C1O5)S(=O)(=O)Cc1ccccc1. The Morgan fingerprint density at radius 2 is 1.91 bits per heavy atom. The molecule has 1 spiro atoms. The number of likely N-dealkylation sites (N-methyl/N-ethyl adjacent to an activating group) is 1. The van der Waals surface area contributed by atoms with Gasteiger partial charge in [-0.2, -0.15) is 4.31 Å². The molecule has 6 nitrogen and oxygen atoms in total. The summed E-state index contributed by atoms with van der Waals surface area (Å²) in [5.41, 5.74) is 1.69. The molecule has 2 aliphatic heterocycles. The van der Waals surface area contributed by atoms with Gasteiger partial charge in [0.15, 0.2) is 0 Å². The Kier molecular flexibility index (Phi) is 5.39. The first kappa shape index (κ1) is 23.5. The average molecular weight is 497 g/mol. The normalized spacial score (nSPS) is 33.6. The summed E-state index contributed by atoms with van der Waals surface area (Å²) in [5.74, 6) is 0.991. The number of nitrogens with zero attached hydrogens (tertiary/aromatic N) is 2. The third-order valence-corrected chi connectivity index (χ3v) is 10.9. The van der Waals surface area contributed by atoms with Crippen LogP contribution in [-0.4, -0.2) is 66.7 Å². The van der Waals surface area contributed by atoms with Crippen LogP contribution in [0.25, 0.3) is 0 Å². The summed E-state index contributed by atoms with van der Waals surface area (Å²) >= 11 is 0. The first-order chi connectivity index (χ1) is 16.7.